The summed E-state index contributed by atoms with van der Waals surface area (Å²) in [7, 11) is 0. The van der Waals surface area contributed by atoms with E-state index in [2.05, 4.69) is 4.98 Å². The molecule has 2 heterocycles. The third-order valence-electron chi connectivity index (χ3n) is 2.47. The molecule has 0 radical (unpaired) electrons. The molecule has 1 aromatic heterocycles. The monoisotopic (exact) mass is 256 g/mol. The first-order chi connectivity index (χ1) is 7.99. The van der Waals surface area contributed by atoms with Gasteiger partial charge in [-0.3, -0.25) is 4.79 Å². The Bertz CT molecular complexity index is 491. The standard InChI is InChI=1S/C10H9ClN2O4/c11-8-2-7(6(3-12-8)10(16)17)13-4-5(14)1-9(13)15/h2-3,5,14H,1,4H2,(H,16,17). The lowest BCUT2D eigenvalue weighted by Gasteiger charge is -2.17. The number of nitrogens with zero attached hydrogens (tertiary/aromatic N) is 2. The average molecular weight is 257 g/mol. The van der Waals surface area contributed by atoms with E-state index in [1.54, 1.807) is 0 Å². The van der Waals surface area contributed by atoms with Gasteiger partial charge in [0.2, 0.25) is 5.91 Å². The van der Waals surface area contributed by atoms with Gasteiger partial charge in [-0.05, 0) is 0 Å². The quantitative estimate of drug-likeness (QED) is 0.754. The summed E-state index contributed by atoms with van der Waals surface area (Å²) in [5, 5.41) is 18.5. The van der Waals surface area contributed by atoms with E-state index in [0.29, 0.717) is 0 Å². The van der Waals surface area contributed by atoms with E-state index in [1.165, 1.54) is 11.0 Å². The number of hydrogen-bond acceptors (Lipinski definition) is 4. The Morgan fingerprint density at radius 1 is 1.59 bits per heavy atom. The van der Waals surface area contributed by atoms with Crippen molar-refractivity contribution in [3.05, 3.63) is 23.0 Å². The Kier molecular flexibility index (Phi) is 2.99. The molecule has 1 aromatic rings. The van der Waals surface area contributed by atoms with Gasteiger partial charge < -0.3 is 15.1 Å². The van der Waals surface area contributed by atoms with Crippen LogP contribution in [0.25, 0.3) is 0 Å². The number of halogens is 1. The number of carboxylic acids is 1. The third-order valence-corrected chi connectivity index (χ3v) is 2.68. The molecule has 6 nitrogen and oxygen atoms in total. The van der Waals surface area contributed by atoms with Crippen LogP contribution >= 0.6 is 11.6 Å². The highest BCUT2D eigenvalue weighted by Crippen LogP contribution is 2.27. The number of carbonyl (C=O) groups excluding carboxylic acids is 1. The van der Waals surface area contributed by atoms with Gasteiger partial charge in [0.25, 0.3) is 0 Å². The van der Waals surface area contributed by atoms with Crippen molar-refractivity contribution in [2.75, 3.05) is 11.4 Å². The number of amides is 1. The van der Waals surface area contributed by atoms with Crippen molar-refractivity contribution in [1.82, 2.24) is 4.98 Å². The first-order valence-corrected chi connectivity index (χ1v) is 5.24. The molecule has 1 fully saturated rings. The lowest BCUT2D eigenvalue weighted by atomic mass is 10.2. The van der Waals surface area contributed by atoms with Crippen LogP contribution in [0, 0.1) is 0 Å². The maximum Gasteiger partial charge on any atom is 0.339 e. The van der Waals surface area contributed by atoms with Crippen LogP contribution in [-0.2, 0) is 4.79 Å². The van der Waals surface area contributed by atoms with Gasteiger partial charge in [0.1, 0.15) is 10.7 Å². The first kappa shape index (κ1) is 11.8. The van der Waals surface area contributed by atoms with Crippen molar-refractivity contribution >= 4 is 29.2 Å². The summed E-state index contributed by atoms with van der Waals surface area (Å²) in [6.07, 6.45) is 0.299. The summed E-state index contributed by atoms with van der Waals surface area (Å²) in [5.41, 5.74) is 0.0518. The van der Waals surface area contributed by atoms with Gasteiger partial charge in [0, 0.05) is 12.3 Å². The number of pyridine rings is 1. The van der Waals surface area contributed by atoms with Crippen LogP contribution in [-0.4, -0.2) is 39.7 Å². The normalized spacial score (nSPS) is 19.8. The third kappa shape index (κ3) is 2.22. The lowest BCUT2D eigenvalue weighted by molar-refractivity contribution is -0.117. The number of aliphatic hydroxyl groups is 1. The van der Waals surface area contributed by atoms with Gasteiger partial charge in [0.15, 0.2) is 0 Å². The van der Waals surface area contributed by atoms with E-state index in [4.69, 9.17) is 16.7 Å². The van der Waals surface area contributed by atoms with Crippen LogP contribution in [0.4, 0.5) is 5.69 Å². The molecule has 90 valence electrons. The molecule has 1 aliphatic heterocycles. The first-order valence-electron chi connectivity index (χ1n) is 4.86. The average Bonchev–Trinajstić information content (AvgIpc) is 2.57. The Morgan fingerprint density at radius 3 is 2.82 bits per heavy atom. The molecule has 2 N–H and O–H groups in total. The van der Waals surface area contributed by atoms with Crippen LogP contribution in [0.2, 0.25) is 5.15 Å². The van der Waals surface area contributed by atoms with Gasteiger partial charge in [-0.2, -0.15) is 0 Å². The van der Waals surface area contributed by atoms with Crippen LogP contribution in [0.1, 0.15) is 16.8 Å². The van der Waals surface area contributed by atoms with Crippen molar-refractivity contribution in [3.8, 4) is 0 Å². The molecule has 0 bridgehead atoms. The zero-order chi connectivity index (χ0) is 12.6. The van der Waals surface area contributed by atoms with Crippen LogP contribution in [0.15, 0.2) is 12.3 Å². The number of carboxylic acid groups (broad SMARTS) is 1. The number of carbonyl (C=O) groups is 2. The van der Waals surface area contributed by atoms with E-state index in [9.17, 15) is 14.7 Å². The highest BCUT2D eigenvalue weighted by atomic mass is 35.5. The van der Waals surface area contributed by atoms with Crippen molar-refractivity contribution in [2.24, 2.45) is 0 Å². The van der Waals surface area contributed by atoms with Crippen LogP contribution in [0.3, 0.4) is 0 Å². The summed E-state index contributed by atoms with van der Waals surface area (Å²) in [6.45, 7) is 0.0689. The molecule has 2 rings (SSSR count). The highest BCUT2D eigenvalue weighted by Gasteiger charge is 2.31. The molecular formula is C10H9ClN2O4. The molecule has 0 aromatic carbocycles. The number of anilines is 1. The van der Waals surface area contributed by atoms with Crippen molar-refractivity contribution < 1.29 is 19.8 Å². The lowest BCUT2D eigenvalue weighted by Crippen LogP contribution is -2.27. The van der Waals surface area contributed by atoms with E-state index in [-0.39, 0.29) is 35.3 Å². The molecule has 1 aliphatic rings. The predicted molar refractivity (Wildman–Crippen MR) is 59.2 cm³/mol. The molecule has 7 heteroatoms. The van der Waals surface area contributed by atoms with Gasteiger partial charge in [-0.15, -0.1) is 0 Å². The Balaban J connectivity index is 2.46. The topological polar surface area (TPSA) is 90.7 Å². The molecule has 1 unspecified atom stereocenters. The molecule has 0 spiro atoms. The number of aromatic carboxylic acids is 1. The van der Waals surface area contributed by atoms with Crippen LogP contribution in [0.5, 0.6) is 0 Å². The van der Waals surface area contributed by atoms with E-state index in [0.717, 1.165) is 6.20 Å². The van der Waals surface area contributed by atoms with Gasteiger partial charge in [-0.25, -0.2) is 9.78 Å². The fourth-order valence-corrected chi connectivity index (χ4v) is 1.88. The second-order valence-electron chi connectivity index (χ2n) is 3.69. The number of rotatable bonds is 2. The van der Waals surface area contributed by atoms with Crippen LogP contribution < -0.4 is 4.90 Å². The van der Waals surface area contributed by atoms with Gasteiger partial charge >= 0.3 is 5.97 Å². The Morgan fingerprint density at radius 2 is 2.29 bits per heavy atom. The summed E-state index contributed by atoms with van der Waals surface area (Å²) >= 11 is 5.68. The molecule has 1 amide bonds. The summed E-state index contributed by atoms with van der Waals surface area (Å²) in [6, 6.07) is 1.31. The summed E-state index contributed by atoms with van der Waals surface area (Å²) < 4.78 is 0. The second kappa shape index (κ2) is 4.31. The Labute approximate surface area is 101 Å². The minimum Gasteiger partial charge on any atom is -0.478 e. The van der Waals surface area contributed by atoms with Crippen molar-refractivity contribution in [3.63, 3.8) is 0 Å². The fraction of sp³-hybridized carbons (Fsp3) is 0.300. The minimum absolute atomic E-state index is 0.0149. The Hall–Kier alpha value is -1.66. The van der Waals surface area contributed by atoms with E-state index in [1.807, 2.05) is 0 Å². The SMILES string of the molecule is O=C(O)c1cnc(Cl)cc1N1CC(O)CC1=O. The minimum atomic E-state index is -1.20. The highest BCUT2D eigenvalue weighted by molar-refractivity contribution is 6.30. The largest absolute Gasteiger partial charge is 0.478 e. The smallest absolute Gasteiger partial charge is 0.339 e. The summed E-state index contributed by atoms with van der Waals surface area (Å²) in [4.78, 5) is 27.4. The number of aromatic nitrogens is 1. The maximum atomic E-state index is 11.6. The fourth-order valence-electron chi connectivity index (χ4n) is 1.73. The zero-order valence-corrected chi connectivity index (χ0v) is 9.39. The molecule has 0 aliphatic carbocycles. The van der Waals surface area contributed by atoms with Gasteiger partial charge in [0.05, 0.1) is 24.8 Å². The number of β-amino-alcohol motifs (C(OH)–C–C–N with tert-alkyl or cyclic N) is 1. The maximum absolute atomic E-state index is 11.6. The van der Waals surface area contributed by atoms with E-state index >= 15 is 0 Å². The molecule has 1 atom stereocenters. The zero-order valence-electron chi connectivity index (χ0n) is 8.63. The predicted octanol–water partition coefficient (Wildman–Crippen LogP) is 0.531. The molecule has 1 saturated heterocycles. The molecule has 0 saturated carbocycles. The molecule has 17 heavy (non-hydrogen) atoms. The second-order valence-corrected chi connectivity index (χ2v) is 4.08. The summed E-state index contributed by atoms with van der Waals surface area (Å²) in [5.74, 6) is -1.53. The van der Waals surface area contributed by atoms with E-state index < -0.39 is 12.1 Å². The van der Waals surface area contributed by atoms with Crippen molar-refractivity contribution in [1.29, 1.82) is 0 Å². The molecular weight excluding hydrogens is 248 g/mol. The van der Waals surface area contributed by atoms with Crippen molar-refractivity contribution in [2.45, 2.75) is 12.5 Å². The number of aliphatic hydroxyl groups excluding tert-OH is 1. The van der Waals surface area contributed by atoms with Gasteiger partial charge in [-0.1, -0.05) is 11.6 Å². The number of hydrogen-bond donors (Lipinski definition) is 2.